The molecule has 0 bridgehead atoms. The Morgan fingerprint density at radius 3 is 2.83 bits per heavy atom. The monoisotopic (exact) mass is 418 g/mol. The van der Waals surface area contributed by atoms with E-state index in [4.69, 9.17) is 14.2 Å². The van der Waals surface area contributed by atoms with Gasteiger partial charge >= 0.3 is 0 Å². The van der Waals surface area contributed by atoms with Gasteiger partial charge in [0.15, 0.2) is 11.5 Å². The van der Waals surface area contributed by atoms with Gasteiger partial charge in [0.1, 0.15) is 0 Å². The molecule has 9 heteroatoms. The van der Waals surface area contributed by atoms with Gasteiger partial charge in [-0.3, -0.25) is 4.79 Å². The van der Waals surface area contributed by atoms with Crippen LogP contribution in [-0.2, 0) is 25.3 Å². The number of rotatable bonds is 9. The molecule has 8 nitrogen and oxygen atoms in total. The SMILES string of the molecule is COCCNS(=O)(=O)Cc1cccc(NC(=O)/C=C/c2ccc3c(c2)OCO3)c1. The first-order valence-electron chi connectivity index (χ1n) is 8.89. The van der Waals surface area contributed by atoms with Crippen molar-refractivity contribution in [1.29, 1.82) is 0 Å². The predicted octanol–water partition coefficient (Wildman–Crippen LogP) is 2.13. The van der Waals surface area contributed by atoms with Gasteiger partial charge in [0.05, 0.1) is 12.4 Å². The highest BCUT2D eigenvalue weighted by molar-refractivity contribution is 7.88. The zero-order valence-electron chi connectivity index (χ0n) is 15.9. The van der Waals surface area contributed by atoms with Crippen molar-refractivity contribution >= 4 is 27.7 Å². The van der Waals surface area contributed by atoms with Gasteiger partial charge in [0.2, 0.25) is 22.7 Å². The van der Waals surface area contributed by atoms with Crippen molar-refractivity contribution in [1.82, 2.24) is 4.72 Å². The fourth-order valence-corrected chi connectivity index (χ4v) is 3.80. The van der Waals surface area contributed by atoms with Crippen LogP contribution in [0.15, 0.2) is 48.5 Å². The molecule has 0 aliphatic carbocycles. The van der Waals surface area contributed by atoms with E-state index >= 15 is 0 Å². The molecule has 0 spiro atoms. The van der Waals surface area contributed by atoms with Gasteiger partial charge in [0.25, 0.3) is 0 Å². The van der Waals surface area contributed by atoms with Gasteiger partial charge in [-0.2, -0.15) is 0 Å². The molecule has 0 aromatic heterocycles. The van der Waals surface area contributed by atoms with Crippen molar-refractivity contribution in [3.63, 3.8) is 0 Å². The summed E-state index contributed by atoms with van der Waals surface area (Å²) in [4.78, 5) is 12.2. The summed E-state index contributed by atoms with van der Waals surface area (Å²) < 4.78 is 42.0. The second kappa shape index (κ2) is 9.55. The number of anilines is 1. The van der Waals surface area contributed by atoms with Crippen LogP contribution in [0.4, 0.5) is 5.69 Å². The maximum absolute atomic E-state index is 12.2. The number of hydrogen-bond acceptors (Lipinski definition) is 6. The van der Waals surface area contributed by atoms with Crippen LogP contribution >= 0.6 is 0 Å². The summed E-state index contributed by atoms with van der Waals surface area (Å²) in [5, 5.41) is 2.73. The Labute approximate surface area is 169 Å². The van der Waals surface area contributed by atoms with Crippen molar-refractivity contribution in [2.24, 2.45) is 0 Å². The number of benzene rings is 2. The minimum Gasteiger partial charge on any atom is -0.454 e. The first kappa shape index (κ1) is 20.8. The lowest BCUT2D eigenvalue weighted by Crippen LogP contribution is -2.28. The summed E-state index contributed by atoms with van der Waals surface area (Å²) in [6.07, 6.45) is 3.05. The molecule has 0 atom stereocenters. The van der Waals surface area contributed by atoms with E-state index in [2.05, 4.69) is 10.0 Å². The summed E-state index contributed by atoms with van der Waals surface area (Å²) >= 11 is 0. The minimum absolute atomic E-state index is 0.187. The molecule has 0 radical (unpaired) electrons. The largest absolute Gasteiger partial charge is 0.454 e. The molecule has 2 aromatic rings. The zero-order valence-corrected chi connectivity index (χ0v) is 16.7. The molecule has 154 valence electrons. The van der Waals surface area contributed by atoms with E-state index in [0.29, 0.717) is 29.4 Å². The first-order valence-corrected chi connectivity index (χ1v) is 10.5. The highest BCUT2D eigenvalue weighted by atomic mass is 32.2. The van der Waals surface area contributed by atoms with E-state index in [1.54, 1.807) is 42.5 Å². The normalized spacial score (nSPS) is 13.0. The molecule has 2 N–H and O–H groups in total. The van der Waals surface area contributed by atoms with Crippen LogP contribution in [0.25, 0.3) is 6.08 Å². The third-order valence-corrected chi connectivity index (χ3v) is 5.36. The van der Waals surface area contributed by atoms with Crippen LogP contribution in [-0.4, -0.2) is 41.4 Å². The van der Waals surface area contributed by atoms with E-state index in [9.17, 15) is 13.2 Å². The second-order valence-corrected chi connectivity index (χ2v) is 8.09. The number of carbonyl (C=O) groups is 1. The lowest BCUT2D eigenvalue weighted by Gasteiger charge is -2.08. The Morgan fingerprint density at radius 1 is 1.17 bits per heavy atom. The van der Waals surface area contributed by atoms with Crippen LogP contribution in [0, 0.1) is 0 Å². The van der Waals surface area contributed by atoms with Crippen LogP contribution in [0.5, 0.6) is 11.5 Å². The average Bonchev–Trinajstić information content (AvgIpc) is 3.14. The molecule has 0 unspecified atom stereocenters. The fourth-order valence-electron chi connectivity index (χ4n) is 2.68. The molecule has 2 aromatic carbocycles. The molecule has 3 rings (SSSR count). The van der Waals surface area contributed by atoms with E-state index in [1.165, 1.54) is 13.2 Å². The molecule has 0 saturated heterocycles. The van der Waals surface area contributed by atoms with Crippen LogP contribution in [0.1, 0.15) is 11.1 Å². The van der Waals surface area contributed by atoms with E-state index in [0.717, 1.165) is 5.56 Å². The molecular formula is C20H22N2O6S. The van der Waals surface area contributed by atoms with Gasteiger partial charge in [-0.05, 0) is 41.5 Å². The lowest BCUT2D eigenvalue weighted by molar-refractivity contribution is -0.111. The van der Waals surface area contributed by atoms with Gasteiger partial charge in [0, 0.05) is 25.4 Å². The number of methoxy groups -OCH3 is 1. The molecular weight excluding hydrogens is 396 g/mol. The molecule has 0 fully saturated rings. The van der Waals surface area contributed by atoms with Gasteiger partial charge in [-0.25, -0.2) is 13.1 Å². The van der Waals surface area contributed by atoms with Crippen molar-refractivity contribution < 1.29 is 27.4 Å². The first-order chi connectivity index (χ1) is 13.9. The van der Waals surface area contributed by atoms with Gasteiger partial charge in [-0.15, -0.1) is 0 Å². The Morgan fingerprint density at radius 2 is 2.00 bits per heavy atom. The van der Waals surface area contributed by atoms with E-state index in [-0.39, 0.29) is 25.0 Å². The summed E-state index contributed by atoms with van der Waals surface area (Å²) in [5.74, 6) is 0.796. The van der Waals surface area contributed by atoms with Crippen LogP contribution < -0.4 is 19.5 Å². The third-order valence-electron chi connectivity index (χ3n) is 4.00. The quantitative estimate of drug-likeness (QED) is 0.478. The number of hydrogen-bond donors (Lipinski definition) is 2. The van der Waals surface area contributed by atoms with Crippen LogP contribution in [0.2, 0.25) is 0 Å². The number of carbonyl (C=O) groups excluding carboxylic acids is 1. The number of nitrogens with one attached hydrogen (secondary N) is 2. The third kappa shape index (κ3) is 6.31. The van der Waals surface area contributed by atoms with Crippen LogP contribution in [0.3, 0.4) is 0 Å². The summed E-state index contributed by atoms with van der Waals surface area (Å²) in [5.41, 5.74) is 1.87. The van der Waals surface area contributed by atoms with E-state index < -0.39 is 10.0 Å². The minimum atomic E-state index is -3.48. The Bertz CT molecular complexity index is 1000. The Kier molecular flexibility index (Phi) is 6.86. The standard InChI is InChI=1S/C20H22N2O6S/c1-26-10-9-21-29(24,25)13-16-3-2-4-17(11-16)22-20(23)8-6-15-5-7-18-19(12-15)28-14-27-18/h2-8,11-12,21H,9-10,13-14H2,1H3,(H,22,23)/b8-6+. The Hall–Kier alpha value is -2.88. The van der Waals surface area contributed by atoms with Gasteiger partial charge in [-0.1, -0.05) is 18.2 Å². The number of fused-ring (bicyclic) bond motifs is 1. The number of ether oxygens (including phenoxy) is 3. The lowest BCUT2D eigenvalue weighted by atomic mass is 10.2. The molecule has 29 heavy (non-hydrogen) atoms. The van der Waals surface area contributed by atoms with E-state index in [1.807, 2.05) is 6.07 Å². The van der Waals surface area contributed by atoms with Crippen molar-refractivity contribution in [2.45, 2.75) is 5.75 Å². The highest BCUT2D eigenvalue weighted by Crippen LogP contribution is 2.32. The van der Waals surface area contributed by atoms with Gasteiger partial charge < -0.3 is 19.5 Å². The summed E-state index contributed by atoms with van der Waals surface area (Å²) in [6, 6.07) is 12.1. The molecule has 1 aliphatic rings. The molecule has 1 aliphatic heterocycles. The Balaban J connectivity index is 1.58. The smallest absolute Gasteiger partial charge is 0.248 e. The maximum Gasteiger partial charge on any atom is 0.248 e. The molecule has 1 heterocycles. The second-order valence-electron chi connectivity index (χ2n) is 6.28. The van der Waals surface area contributed by atoms with Crippen molar-refractivity contribution in [2.75, 3.05) is 32.4 Å². The zero-order chi connectivity index (χ0) is 20.7. The fraction of sp³-hybridized carbons (Fsp3) is 0.250. The topological polar surface area (TPSA) is 103 Å². The number of sulfonamides is 1. The van der Waals surface area contributed by atoms with Crippen molar-refractivity contribution in [3.8, 4) is 11.5 Å². The summed E-state index contributed by atoms with van der Waals surface area (Å²) in [6.45, 7) is 0.696. The maximum atomic E-state index is 12.2. The predicted molar refractivity (Wildman–Crippen MR) is 109 cm³/mol. The molecule has 1 amide bonds. The number of amides is 1. The molecule has 0 saturated carbocycles. The average molecular weight is 418 g/mol. The summed E-state index contributed by atoms with van der Waals surface area (Å²) in [7, 11) is -1.98. The highest BCUT2D eigenvalue weighted by Gasteiger charge is 2.13. The van der Waals surface area contributed by atoms with Crippen molar-refractivity contribution in [3.05, 3.63) is 59.7 Å².